The molecule has 5 heteroatoms. The van der Waals surface area contributed by atoms with Crippen LogP contribution in [0, 0.1) is 5.92 Å². The molecule has 0 saturated heterocycles. The Morgan fingerprint density at radius 3 is 2.22 bits per heavy atom. The first kappa shape index (κ1) is 28.0. The molecule has 41 heavy (non-hydrogen) atoms. The summed E-state index contributed by atoms with van der Waals surface area (Å²) in [5.74, 6) is 1.58. The van der Waals surface area contributed by atoms with Gasteiger partial charge in [0.05, 0.1) is 7.11 Å². The minimum absolute atomic E-state index is 0.0342. The van der Waals surface area contributed by atoms with Crippen molar-refractivity contribution >= 4 is 16.8 Å². The molecular weight excluding hydrogens is 508 g/mol. The van der Waals surface area contributed by atoms with Crippen LogP contribution in [-0.4, -0.2) is 24.1 Å². The van der Waals surface area contributed by atoms with Gasteiger partial charge in [-0.05, 0) is 46.4 Å². The SMILES string of the molecule is COc1cc(C(CC(=O)NCC(C)C)c2cn(Cc3ccccc3)c3ccccc23)ccc1OCc1ccccc1. The van der Waals surface area contributed by atoms with E-state index in [0.29, 0.717) is 37.0 Å². The zero-order valence-electron chi connectivity index (χ0n) is 24.0. The molecule has 5 nitrogen and oxygen atoms in total. The lowest BCUT2D eigenvalue weighted by Gasteiger charge is -2.20. The number of para-hydroxylation sites is 1. The quantitative estimate of drug-likeness (QED) is 0.176. The van der Waals surface area contributed by atoms with Crippen molar-refractivity contribution in [3.05, 3.63) is 132 Å². The third-order valence-corrected chi connectivity index (χ3v) is 7.31. The number of aromatic nitrogens is 1. The Balaban J connectivity index is 1.52. The summed E-state index contributed by atoms with van der Waals surface area (Å²) >= 11 is 0. The highest BCUT2D eigenvalue weighted by atomic mass is 16.5. The first-order chi connectivity index (χ1) is 20.0. The number of nitrogens with zero attached hydrogens (tertiary/aromatic N) is 1. The number of carbonyl (C=O) groups excluding carboxylic acids is 1. The average Bonchev–Trinajstić information content (AvgIpc) is 3.36. The van der Waals surface area contributed by atoms with Gasteiger partial charge in [0.25, 0.3) is 0 Å². The molecule has 0 spiro atoms. The molecule has 4 aromatic carbocycles. The van der Waals surface area contributed by atoms with Gasteiger partial charge in [-0.1, -0.05) is 98.8 Å². The fraction of sp³-hybridized carbons (Fsp3) is 0.250. The van der Waals surface area contributed by atoms with Gasteiger partial charge in [0.1, 0.15) is 6.61 Å². The van der Waals surface area contributed by atoms with Crippen LogP contribution in [0.15, 0.2) is 109 Å². The van der Waals surface area contributed by atoms with Crippen molar-refractivity contribution in [1.82, 2.24) is 9.88 Å². The van der Waals surface area contributed by atoms with E-state index < -0.39 is 0 Å². The van der Waals surface area contributed by atoms with Crippen molar-refractivity contribution in [3.8, 4) is 11.5 Å². The number of hydrogen-bond donors (Lipinski definition) is 1. The van der Waals surface area contributed by atoms with Crippen LogP contribution in [0.4, 0.5) is 0 Å². The molecule has 0 bridgehead atoms. The Morgan fingerprint density at radius 1 is 0.829 bits per heavy atom. The van der Waals surface area contributed by atoms with Crippen LogP contribution in [0.3, 0.4) is 0 Å². The third-order valence-electron chi connectivity index (χ3n) is 7.31. The molecule has 1 heterocycles. The van der Waals surface area contributed by atoms with Crippen molar-refractivity contribution in [2.75, 3.05) is 13.7 Å². The van der Waals surface area contributed by atoms with Crippen molar-refractivity contribution in [3.63, 3.8) is 0 Å². The number of rotatable bonds is 12. The first-order valence-corrected chi connectivity index (χ1v) is 14.2. The third kappa shape index (κ3) is 6.98. The maximum atomic E-state index is 13.2. The van der Waals surface area contributed by atoms with E-state index in [-0.39, 0.29) is 11.8 Å². The molecule has 5 aromatic rings. The van der Waals surface area contributed by atoms with E-state index in [4.69, 9.17) is 9.47 Å². The highest BCUT2D eigenvalue weighted by molar-refractivity contribution is 5.87. The van der Waals surface area contributed by atoms with Crippen LogP contribution in [0.25, 0.3) is 10.9 Å². The Labute approximate surface area is 242 Å². The maximum Gasteiger partial charge on any atom is 0.220 e. The number of nitrogens with one attached hydrogen (secondary N) is 1. The Bertz CT molecular complexity index is 1580. The van der Waals surface area contributed by atoms with Crippen molar-refractivity contribution < 1.29 is 14.3 Å². The number of carbonyl (C=O) groups is 1. The van der Waals surface area contributed by atoms with Crippen LogP contribution in [-0.2, 0) is 17.9 Å². The van der Waals surface area contributed by atoms with Gasteiger partial charge in [-0.15, -0.1) is 0 Å². The van der Waals surface area contributed by atoms with Gasteiger partial charge < -0.3 is 19.4 Å². The molecule has 0 saturated carbocycles. The second-order valence-corrected chi connectivity index (χ2v) is 10.9. The van der Waals surface area contributed by atoms with E-state index in [1.54, 1.807) is 7.11 Å². The predicted octanol–water partition coefficient (Wildman–Crippen LogP) is 7.57. The fourth-order valence-corrected chi connectivity index (χ4v) is 5.20. The number of benzene rings is 4. The summed E-state index contributed by atoms with van der Waals surface area (Å²) in [6, 6.07) is 35.0. The molecule has 0 fully saturated rings. The highest BCUT2D eigenvalue weighted by Gasteiger charge is 2.24. The minimum Gasteiger partial charge on any atom is -0.493 e. The summed E-state index contributed by atoms with van der Waals surface area (Å²) < 4.78 is 14.2. The van der Waals surface area contributed by atoms with E-state index >= 15 is 0 Å². The largest absolute Gasteiger partial charge is 0.493 e. The van der Waals surface area contributed by atoms with Gasteiger partial charge in [-0.3, -0.25) is 4.79 Å². The molecule has 0 aliphatic rings. The lowest BCUT2D eigenvalue weighted by molar-refractivity contribution is -0.121. The van der Waals surface area contributed by atoms with E-state index in [9.17, 15) is 4.79 Å². The zero-order chi connectivity index (χ0) is 28.6. The molecule has 5 rings (SSSR count). The Morgan fingerprint density at radius 2 is 1.51 bits per heavy atom. The summed E-state index contributed by atoms with van der Waals surface area (Å²) in [4.78, 5) is 13.2. The first-order valence-electron chi connectivity index (χ1n) is 14.2. The molecule has 0 aliphatic heterocycles. The molecule has 0 aliphatic carbocycles. The van der Waals surface area contributed by atoms with Gasteiger partial charge in [-0.2, -0.15) is 0 Å². The predicted molar refractivity (Wildman–Crippen MR) is 166 cm³/mol. The lowest BCUT2D eigenvalue weighted by Crippen LogP contribution is -2.28. The molecule has 1 atom stereocenters. The molecule has 1 aromatic heterocycles. The molecule has 0 radical (unpaired) electrons. The molecule has 1 N–H and O–H groups in total. The van der Waals surface area contributed by atoms with Crippen LogP contribution in [0.2, 0.25) is 0 Å². The van der Waals surface area contributed by atoms with Gasteiger partial charge in [-0.25, -0.2) is 0 Å². The number of ether oxygens (including phenoxy) is 2. The van der Waals surface area contributed by atoms with E-state index in [1.807, 2.05) is 48.5 Å². The summed E-state index contributed by atoms with van der Waals surface area (Å²) in [5.41, 5.74) is 5.60. The number of fused-ring (bicyclic) bond motifs is 1. The monoisotopic (exact) mass is 546 g/mol. The van der Waals surface area contributed by atoms with Crippen LogP contribution < -0.4 is 14.8 Å². The zero-order valence-corrected chi connectivity index (χ0v) is 24.0. The lowest BCUT2D eigenvalue weighted by atomic mass is 9.87. The van der Waals surface area contributed by atoms with Gasteiger partial charge >= 0.3 is 0 Å². The molecule has 210 valence electrons. The van der Waals surface area contributed by atoms with Crippen molar-refractivity contribution in [2.24, 2.45) is 5.92 Å². The number of hydrogen-bond acceptors (Lipinski definition) is 3. The Kier molecular flexibility index (Phi) is 9.05. The second-order valence-electron chi connectivity index (χ2n) is 10.9. The van der Waals surface area contributed by atoms with Gasteiger partial charge in [0.2, 0.25) is 5.91 Å². The van der Waals surface area contributed by atoms with Gasteiger partial charge in [0.15, 0.2) is 11.5 Å². The van der Waals surface area contributed by atoms with Crippen LogP contribution in [0.1, 0.15) is 48.4 Å². The summed E-state index contributed by atoms with van der Waals surface area (Å²) in [6.07, 6.45) is 2.55. The summed E-state index contributed by atoms with van der Waals surface area (Å²) in [7, 11) is 1.66. The molecule has 1 unspecified atom stereocenters. The number of methoxy groups -OCH3 is 1. The van der Waals surface area contributed by atoms with Crippen LogP contribution >= 0.6 is 0 Å². The fourth-order valence-electron chi connectivity index (χ4n) is 5.20. The molecule has 1 amide bonds. The molecular formula is C36H38N2O3. The Hall–Kier alpha value is -4.51. The van der Waals surface area contributed by atoms with Crippen LogP contribution in [0.5, 0.6) is 11.5 Å². The normalized spacial score (nSPS) is 11.9. The summed E-state index contributed by atoms with van der Waals surface area (Å²) in [6.45, 7) is 6.06. The number of amides is 1. The van der Waals surface area contributed by atoms with Gasteiger partial charge in [0, 0.05) is 42.5 Å². The van der Waals surface area contributed by atoms with E-state index in [0.717, 1.165) is 34.1 Å². The standard InChI is InChI=1S/C36H38N2O3/c1-26(2)22-37-36(39)21-31(29-18-19-34(35(20-29)40-3)41-25-28-14-8-5-9-15-28)32-24-38(23-27-12-6-4-7-13-27)33-17-11-10-16-30(32)33/h4-20,24,26,31H,21-23,25H2,1-3H3,(H,37,39). The van der Waals surface area contributed by atoms with E-state index in [1.165, 1.54) is 5.56 Å². The highest BCUT2D eigenvalue weighted by Crippen LogP contribution is 2.39. The maximum absolute atomic E-state index is 13.2. The van der Waals surface area contributed by atoms with Crippen molar-refractivity contribution in [1.29, 1.82) is 0 Å². The minimum atomic E-state index is -0.166. The summed E-state index contributed by atoms with van der Waals surface area (Å²) in [5, 5.41) is 4.27. The average molecular weight is 547 g/mol. The smallest absolute Gasteiger partial charge is 0.220 e. The van der Waals surface area contributed by atoms with E-state index in [2.05, 4.69) is 84.5 Å². The second kappa shape index (κ2) is 13.2. The van der Waals surface area contributed by atoms with Crippen molar-refractivity contribution in [2.45, 2.75) is 39.3 Å². The topological polar surface area (TPSA) is 52.5 Å².